The molecule has 3 aromatic rings. The maximum atomic E-state index is 14.0. The molecule has 158 valence electrons. The van der Waals surface area contributed by atoms with Gasteiger partial charge in [0, 0.05) is 35.7 Å². The fourth-order valence-corrected chi connectivity index (χ4v) is 3.57. The molecule has 0 atom stereocenters. The van der Waals surface area contributed by atoms with Gasteiger partial charge in [-0.15, -0.1) is 0 Å². The van der Waals surface area contributed by atoms with E-state index in [1.807, 2.05) is 24.3 Å². The van der Waals surface area contributed by atoms with Crippen molar-refractivity contribution in [3.63, 3.8) is 0 Å². The quantitative estimate of drug-likeness (QED) is 0.590. The second-order valence-electron chi connectivity index (χ2n) is 7.30. The number of hydrogen-bond donors (Lipinski definition) is 2. The molecular formula is C24H23FN4O2. The average molecular weight is 418 g/mol. The van der Waals surface area contributed by atoms with Crippen LogP contribution in [0.2, 0.25) is 0 Å². The van der Waals surface area contributed by atoms with Gasteiger partial charge in [0.15, 0.2) is 0 Å². The van der Waals surface area contributed by atoms with Crippen LogP contribution < -0.4 is 15.5 Å². The standard InChI is InChI=1S/C24H23FN4O2/c25-22-13-5-4-8-18(22)17-28-14-7-15-29(24(28)31)21-12-6-11-20(16-21)27-23(30)26-19-9-2-1-3-10-19/h1-6,8-13,16H,7,14-15,17H2,(H2,26,27,30). The number of benzene rings is 3. The Bertz CT molecular complexity index is 1070. The minimum Gasteiger partial charge on any atom is -0.320 e. The third-order valence-corrected chi connectivity index (χ3v) is 5.08. The van der Waals surface area contributed by atoms with Crippen LogP contribution in [0.5, 0.6) is 0 Å². The third-order valence-electron chi connectivity index (χ3n) is 5.08. The van der Waals surface area contributed by atoms with Gasteiger partial charge in [0.25, 0.3) is 0 Å². The van der Waals surface area contributed by atoms with Gasteiger partial charge in [-0.2, -0.15) is 0 Å². The van der Waals surface area contributed by atoms with Gasteiger partial charge < -0.3 is 15.5 Å². The van der Waals surface area contributed by atoms with Gasteiger partial charge in [-0.25, -0.2) is 14.0 Å². The second-order valence-corrected chi connectivity index (χ2v) is 7.30. The number of carbonyl (C=O) groups excluding carboxylic acids is 2. The van der Waals surface area contributed by atoms with Gasteiger partial charge in [0.1, 0.15) is 5.82 Å². The predicted molar refractivity (Wildman–Crippen MR) is 120 cm³/mol. The van der Waals surface area contributed by atoms with Gasteiger partial charge in [-0.1, -0.05) is 42.5 Å². The molecule has 2 N–H and O–H groups in total. The van der Waals surface area contributed by atoms with Crippen LogP contribution in [0.1, 0.15) is 12.0 Å². The molecule has 0 spiro atoms. The van der Waals surface area contributed by atoms with Crippen molar-refractivity contribution in [3.05, 3.63) is 90.2 Å². The Balaban J connectivity index is 1.44. The predicted octanol–water partition coefficient (Wildman–Crippen LogP) is 5.30. The molecule has 1 saturated heterocycles. The van der Waals surface area contributed by atoms with E-state index in [4.69, 9.17) is 0 Å². The van der Waals surface area contributed by atoms with Crippen LogP contribution in [-0.4, -0.2) is 30.1 Å². The van der Waals surface area contributed by atoms with Crippen LogP contribution in [0, 0.1) is 5.82 Å². The zero-order chi connectivity index (χ0) is 21.6. The van der Waals surface area contributed by atoms with Crippen LogP contribution in [-0.2, 0) is 6.54 Å². The van der Waals surface area contributed by atoms with Crippen LogP contribution in [0.3, 0.4) is 0 Å². The number of rotatable bonds is 5. The molecule has 4 amide bonds. The molecule has 0 aromatic heterocycles. The Morgan fingerprint density at radius 2 is 1.58 bits per heavy atom. The molecular weight excluding hydrogens is 395 g/mol. The van der Waals surface area contributed by atoms with Gasteiger partial charge in [0.2, 0.25) is 0 Å². The molecule has 7 heteroatoms. The maximum Gasteiger partial charge on any atom is 0.324 e. The summed E-state index contributed by atoms with van der Waals surface area (Å²) < 4.78 is 14.0. The molecule has 3 aromatic carbocycles. The molecule has 0 saturated carbocycles. The van der Waals surface area contributed by atoms with E-state index in [0.717, 1.165) is 6.42 Å². The van der Waals surface area contributed by atoms with Crippen LogP contribution >= 0.6 is 0 Å². The lowest BCUT2D eigenvalue weighted by Gasteiger charge is -2.36. The molecule has 1 fully saturated rings. The van der Waals surface area contributed by atoms with E-state index >= 15 is 0 Å². The first-order chi connectivity index (χ1) is 15.1. The lowest BCUT2D eigenvalue weighted by molar-refractivity contribution is 0.192. The van der Waals surface area contributed by atoms with E-state index in [0.29, 0.717) is 35.7 Å². The first-order valence-corrected chi connectivity index (χ1v) is 10.1. The summed E-state index contributed by atoms with van der Waals surface area (Å²) in [6.45, 7) is 1.35. The van der Waals surface area contributed by atoms with E-state index < -0.39 is 0 Å². The summed E-state index contributed by atoms with van der Waals surface area (Å²) in [6, 6.07) is 22.2. The number of amides is 4. The Hall–Kier alpha value is -3.87. The zero-order valence-corrected chi connectivity index (χ0v) is 16.9. The highest BCUT2D eigenvalue weighted by Crippen LogP contribution is 2.25. The highest BCUT2D eigenvalue weighted by Gasteiger charge is 2.27. The molecule has 1 aliphatic heterocycles. The third kappa shape index (κ3) is 5.01. The van der Waals surface area contributed by atoms with Crippen molar-refractivity contribution < 1.29 is 14.0 Å². The summed E-state index contributed by atoms with van der Waals surface area (Å²) in [5, 5.41) is 5.56. The number of hydrogen-bond acceptors (Lipinski definition) is 2. The SMILES string of the molecule is O=C(Nc1ccccc1)Nc1cccc(N2CCCN(Cc3ccccc3F)C2=O)c1. The van der Waals surface area contributed by atoms with Crippen LogP contribution in [0.15, 0.2) is 78.9 Å². The molecule has 0 bridgehead atoms. The smallest absolute Gasteiger partial charge is 0.320 e. The first-order valence-electron chi connectivity index (χ1n) is 10.1. The number of anilines is 3. The number of halogens is 1. The van der Waals surface area contributed by atoms with E-state index in [9.17, 15) is 14.0 Å². The molecule has 31 heavy (non-hydrogen) atoms. The maximum absolute atomic E-state index is 14.0. The van der Waals surface area contributed by atoms with Gasteiger partial charge in [0.05, 0.1) is 6.54 Å². The Morgan fingerprint density at radius 3 is 2.39 bits per heavy atom. The topological polar surface area (TPSA) is 64.7 Å². The zero-order valence-electron chi connectivity index (χ0n) is 16.9. The van der Waals surface area contributed by atoms with E-state index in [2.05, 4.69) is 10.6 Å². The average Bonchev–Trinajstić information content (AvgIpc) is 2.77. The van der Waals surface area contributed by atoms with Crippen molar-refractivity contribution in [2.75, 3.05) is 28.6 Å². The highest BCUT2D eigenvalue weighted by molar-refractivity contribution is 6.00. The van der Waals surface area contributed by atoms with Gasteiger partial charge >= 0.3 is 12.1 Å². The largest absolute Gasteiger partial charge is 0.324 e. The molecule has 1 heterocycles. The highest BCUT2D eigenvalue weighted by atomic mass is 19.1. The summed E-state index contributed by atoms with van der Waals surface area (Å²) in [4.78, 5) is 28.6. The van der Waals surface area contributed by atoms with Crippen molar-refractivity contribution in [2.24, 2.45) is 0 Å². The van der Waals surface area contributed by atoms with Crippen molar-refractivity contribution >= 4 is 29.1 Å². The van der Waals surface area contributed by atoms with Gasteiger partial charge in [-0.05, 0) is 42.8 Å². The molecule has 0 unspecified atom stereocenters. The van der Waals surface area contributed by atoms with Crippen molar-refractivity contribution in [1.82, 2.24) is 4.90 Å². The normalized spacial score (nSPS) is 13.8. The van der Waals surface area contributed by atoms with E-state index in [1.54, 1.807) is 58.3 Å². The first kappa shape index (κ1) is 20.4. The monoisotopic (exact) mass is 418 g/mol. The van der Waals surface area contributed by atoms with Crippen molar-refractivity contribution in [3.8, 4) is 0 Å². The van der Waals surface area contributed by atoms with Crippen molar-refractivity contribution in [2.45, 2.75) is 13.0 Å². The minimum atomic E-state index is -0.366. The Labute approximate surface area is 180 Å². The lowest BCUT2D eigenvalue weighted by atomic mass is 10.1. The lowest BCUT2D eigenvalue weighted by Crippen LogP contribution is -2.49. The molecule has 4 rings (SSSR count). The Kier molecular flexibility index (Phi) is 6.12. The number of nitrogens with zero attached hydrogens (tertiary/aromatic N) is 2. The minimum absolute atomic E-state index is 0.180. The number of carbonyl (C=O) groups is 2. The summed E-state index contributed by atoms with van der Waals surface area (Å²) in [5.74, 6) is -0.317. The van der Waals surface area contributed by atoms with Crippen LogP contribution in [0.25, 0.3) is 0 Å². The number of urea groups is 2. The molecule has 6 nitrogen and oxygen atoms in total. The van der Waals surface area contributed by atoms with Crippen molar-refractivity contribution in [1.29, 1.82) is 0 Å². The molecule has 0 aliphatic carbocycles. The van der Waals surface area contributed by atoms with E-state index in [1.165, 1.54) is 6.07 Å². The van der Waals surface area contributed by atoms with E-state index in [-0.39, 0.29) is 24.4 Å². The number of para-hydroxylation sites is 1. The van der Waals surface area contributed by atoms with Gasteiger partial charge in [-0.3, -0.25) is 4.90 Å². The number of nitrogens with one attached hydrogen (secondary N) is 2. The van der Waals surface area contributed by atoms with Crippen LogP contribution in [0.4, 0.5) is 31.0 Å². The summed E-state index contributed by atoms with van der Waals surface area (Å²) >= 11 is 0. The molecule has 1 aliphatic rings. The fraction of sp³-hybridized carbons (Fsp3) is 0.167. The Morgan fingerprint density at radius 1 is 0.871 bits per heavy atom. The summed E-state index contributed by atoms with van der Waals surface area (Å²) in [6.07, 6.45) is 0.770. The second kappa shape index (κ2) is 9.30. The molecule has 0 radical (unpaired) electrons. The summed E-state index contributed by atoms with van der Waals surface area (Å²) in [5.41, 5.74) is 2.43. The summed E-state index contributed by atoms with van der Waals surface area (Å²) in [7, 11) is 0. The fourth-order valence-electron chi connectivity index (χ4n) is 3.57.